The predicted octanol–water partition coefficient (Wildman–Crippen LogP) is 3.28. The largest absolute Gasteiger partial charge is 0.395 e. The smallest absolute Gasteiger partial charge is 0.0724 e. The van der Waals surface area contributed by atoms with E-state index in [4.69, 9.17) is 0 Å². The van der Waals surface area contributed by atoms with Crippen molar-refractivity contribution in [1.82, 2.24) is 0 Å². The molecule has 24 heavy (non-hydrogen) atoms. The molecular weight excluding hydrogens is 300 g/mol. The summed E-state index contributed by atoms with van der Waals surface area (Å²) in [6.45, 7) is 6.86. The summed E-state index contributed by atoms with van der Waals surface area (Å²) in [5, 5.41) is 31.6. The number of aliphatic hydroxyl groups is 3. The normalized spacial score (nSPS) is 56.9. The van der Waals surface area contributed by atoms with Crippen molar-refractivity contribution in [3.05, 3.63) is 11.6 Å². The highest BCUT2D eigenvalue weighted by Crippen LogP contribution is 2.68. The van der Waals surface area contributed by atoms with Gasteiger partial charge in [-0.15, -0.1) is 0 Å². The third-order valence-electron chi connectivity index (χ3n) is 8.98. The molecule has 3 unspecified atom stereocenters. The van der Waals surface area contributed by atoms with Crippen LogP contribution in [-0.4, -0.2) is 33.6 Å². The number of fused-ring (bicyclic) bond motifs is 5. The van der Waals surface area contributed by atoms with Crippen molar-refractivity contribution < 1.29 is 15.3 Å². The van der Waals surface area contributed by atoms with E-state index < -0.39 is 5.60 Å². The molecule has 0 aromatic carbocycles. The maximum atomic E-state index is 11.0. The van der Waals surface area contributed by atoms with Gasteiger partial charge in [-0.3, -0.25) is 0 Å². The first-order chi connectivity index (χ1) is 11.2. The summed E-state index contributed by atoms with van der Waals surface area (Å²) in [5.41, 5.74) is 0.701. The summed E-state index contributed by atoms with van der Waals surface area (Å²) in [6.07, 6.45) is 8.80. The SMILES string of the molecule is CC1C[C@@H]2[C@@H](CC[C@@]3(C)[C@H]2CCC3(C)O)[C@@]2(CO)CCC(O)C=C12. The molecule has 0 amide bonds. The fourth-order valence-electron chi connectivity index (χ4n) is 7.43. The van der Waals surface area contributed by atoms with Gasteiger partial charge in [-0.05, 0) is 81.0 Å². The minimum atomic E-state index is -0.545. The van der Waals surface area contributed by atoms with Crippen molar-refractivity contribution in [1.29, 1.82) is 0 Å². The van der Waals surface area contributed by atoms with Crippen LogP contribution in [0.15, 0.2) is 11.6 Å². The fourth-order valence-corrected chi connectivity index (χ4v) is 7.43. The molecule has 3 N–H and O–H groups in total. The third-order valence-corrected chi connectivity index (χ3v) is 8.98. The van der Waals surface area contributed by atoms with E-state index in [0.717, 1.165) is 44.9 Å². The van der Waals surface area contributed by atoms with Crippen molar-refractivity contribution in [2.45, 2.75) is 77.4 Å². The Morgan fingerprint density at radius 3 is 2.50 bits per heavy atom. The van der Waals surface area contributed by atoms with Crippen LogP contribution in [0.25, 0.3) is 0 Å². The van der Waals surface area contributed by atoms with E-state index in [1.165, 1.54) is 5.57 Å². The molecule has 0 heterocycles. The fraction of sp³-hybridized carbons (Fsp3) is 0.905. The molecule has 0 aliphatic heterocycles. The van der Waals surface area contributed by atoms with Crippen LogP contribution in [-0.2, 0) is 0 Å². The second kappa shape index (κ2) is 5.31. The molecule has 0 saturated heterocycles. The summed E-state index contributed by atoms with van der Waals surface area (Å²) in [7, 11) is 0. The van der Waals surface area contributed by atoms with E-state index in [1.54, 1.807) is 0 Å². The lowest BCUT2D eigenvalue weighted by molar-refractivity contribution is -0.132. The van der Waals surface area contributed by atoms with E-state index in [-0.39, 0.29) is 23.5 Å². The van der Waals surface area contributed by atoms with Gasteiger partial charge in [-0.2, -0.15) is 0 Å². The van der Waals surface area contributed by atoms with Crippen LogP contribution >= 0.6 is 0 Å². The number of hydrogen-bond donors (Lipinski definition) is 3. The highest BCUT2D eigenvalue weighted by Gasteiger charge is 2.63. The zero-order chi connectivity index (χ0) is 17.3. The first-order valence-electron chi connectivity index (χ1n) is 9.99. The van der Waals surface area contributed by atoms with E-state index in [2.05, 4.69) is 19.9 Å². The van der Waals surface area contributed by atoms with Gasteiger partial charge in [0.1, 0.15) is 0 Å². The Bertz CT molecular complexity index is 553. The molecule has 0 spiro atoms. The average molecular weight is 335 g/mol. The second-order valence-corrected chi connectivity index (χ2v) is 9.82. The molecule has 0 aromatic rings. The molecule has 3 fully saturated rings. The molecule has 3 heteroatoms. The molecule has 3 saturated carbocycles. The minimum absolute atomic E-state index is 0.0277. The van der Waals surface area contributed by atoms with E-state index >= 15 is 0 Å². The van der Waals surface area contributed by atoms with Crippen LogP contribution in [0.3, 0.4) is 0 Å². The molecule has 0 radical (unpaired) electrons. The standard InChI is InChI=1S/C21H34O3/c1-13-10-15-16-6-8-20(3,24)19(16,2)7-5-17(15)21(12-22)9-4-14(23)11-18(13)21/h11,13-17,22-24H,4-10,12H2,1-3H3/t13?,14?,15-,16-,17+,19-,20?,21-/m0/s1. The molecule has 3 nitrogen and oxygen atoms in total. The quantitative estimate of drug-likeness (QED) is 0.645. The second-order valence-electron chi connectivity index (χ2n) is 9.82. The Morgan fingerprint density at radius 1 is 1.08 bits per heavy atom. The molecule has 136 valence electrons. The van der Waals surface area contributed by atoms with Gasteiger partial charge in [0.2, 0.25) is 0 Å². The zero-order valence-electron chi connectivity index (χ0n) is 15.5. The minimum Gasteiger partial charge on any atom is -0.395 e. The summed E-state index contributed by atoms with van der Waals surface area (Å²) in [5.74, 6) is 2.13. The van der Waals surface area contributed by atoms with Gasteiger partial charge in [0.05, 0.1) is 18.3 Å². The monoisotopic (exact) mass is 334 g/mol. The lowest BCUT2D eigenvalue weighted by atomic mass is 9.44. The third kappa shape index (κ3) is 2.01. The summed E-state index contributed by atoms with van der Waals surface area (Å²) in [4.78, 5) is 0. The highest BCUT2D eigenvalue weighted by molar-refractivity contribution is 5.29. The number of hydrogen-bond acceptors (Lipinski definition) is 3. The van der Waals surface area contributed by atoms with Crippen LogP contribution < -0.4 is 0 Å². The highest BCUT2D eigenvalue weighted by atomic mass is 16.3. The summed E-state index contributed by atoms with van der Waals surface area (Å²) in [6, 6.07) is 0. The van der Waals surface area contributed by atoms with Crippen molar-refractivity contribution in [2.75, 3.05) is 6.61 Å². The Morgan fingerprint density at radius 2 is 1.79 bits per heavy atom. The van der Waals surface area contributed by atoms with Gasteiger partial charge < -0.3 is 15.3 Å². The molecule has 0 aromatic heterocycles. The summed E-state index contributed by atoms with van der Waals surface area (Å²) < 4.78 is 0. The van der Waals surface area contributed by atoms with Gasteiger partial charge in [0.15, 0.2) is 0 Å². The molecular formula is C21H34O3. The maximum absolute atomic E-state index is 11.0. The predicted molar refractivity (Wildman–Crippen MR) is 94.3 cm³/mol. The van der Waals surface area contributed by atoms with Gasteiger partial charge in [0, 0.05) is 5.41 Å². The van der Waals surface area contributed by atoms with Gasteiger partial charge >= 0.3 is 0 Å². The Kier molecular flexibility index (Phi) is 3.77. The molecule has 0 bridgehead atoms. The van der Waals surface area contributed by atoms with Crippen LogP contribution in [0.5, 0.6) is 0 Å². The number of aliphatic hydroxyl groups excluding tert-OH is 2. The zero-order valence-corrected chi connectivity index (χ0v) is 15.5. The molecule has 8 atom stereocenters. The van der Waals surface area contributed by atoms with Crippen LogP contribution in [0.4, 0.5) is 0 Å². The maximum Gasteiger partial charge on any atom is 0.0724 e. The van der Waals surface area contributed by atoms with Crippen molar-refractivity contribution in [3.8, 4) is 0 Å². The van der Waals surface area contributed by atoms with Crippen LogP contribution in [0.2, 0.25) is 0 Å². The Balaban J connectivity index is 1.75. The number of rotatable bonds is 1. The lowest BCUT2D eigenvalue weighted by Gasteiger charge is -2.61. The summed E-state index contributed by atoms with van der Waals surface area (Å²) >= 11 is 0. The van der Waals surface area contributed by atoms with Gasteiger partial charge in [-0.25, -0.2) is 0 Å². The van der Waals surface area contributed by atoms with Crippen molar-refractivity contribution in [2.24, 2.45) is 34.5 Å². The van der Waals surface area contributed by atoms with Crippen molar-refractivity contribution >= 4 is 0 Å². The van der Waals surface area contributed by atoms with E-state index in [9.17, 15) is 15.3 Å². The van der Waals surface area contributed by atoms with E-state index in [1.807, 2.05) is 6.92 Å². The van der Waals surface area contributed by atoms with Crippen molar-refractivity contribution in [3.63, 3.8) is 0 Å². The topological polar surface area (TPSA) is 60.7 Å². The van der Waals surface area contributed by atoms with Crippen LogP contribution in [0, 0.1) is 34.5 Å². The Hall–Kier alpha value is -0.380. The average Bonchev–Trinajstić information content (AvgIpc) is 2.78. The molecule has 4 rings (SSSR count). The van der Waals surface area contributed by atoms with Gasteiger partial charge in [0.25, 0.3) is 0 Å². The lowest BCUT2D eigenvalue weighted by Crippen LogP contribution is -2.57. The molecule has 4 aliphatic carbocycles. The first-order valence-corrected chi connectivity index (χ1v) is 9.99. The Labute approximate surface area is 146 Å². The van der Waals surface area contributed by atoms with Crippen LogP contribution in [0.1, 0.15) is 65.7 Å². The van der Waals surface area contributed by atoms with E-state index in [0.29, 0.717) is 23.7 Å². The first kappa shape index (κ1) is 17.1. The molecule has 4 aliphatic rings. The van der Waals surface area contributed by atoms with Gasteiger partial charge in [-0.1, -0.05) is 25.5 Å².